The molecule has 6 heteroatoms. The third kappa shape index (κ3) is 2.56. The molecule has 2 amide bonds. The van der Waals surface area contributed by atoms with Crippen molar-refractivity contribution in [3.8, 4) is 0 Å². The summed E-state index contributed by atoms with van der Waals surface area (Å²) >= 11 is 5.68. The fourth-order valence-corrected chi connectivity index (χ4v) is 2.17. The van der Waals surface area contributed by atoms with Crippen molar-refractivity contribution >= 4 is 23.4 Å². The minimum atomic E-state index is -0.999. The zero-order chi connectivity index (χ0) is 14.2. The highest BCUT2D eigenvalue weighted by molar-refractivity contribution is 6.30. The summed E-state index contributed by atoms with van der Waals surface area (Å²) in [5.41, 5.74) is -0.665. The lowest BCUT2D eigenvalue weighted by Crippen LogP contribution is -2.63. The smallest absolute Gasteiger partial charge is 0.245 e. The van der Waals surface area contributed by atoms with E-state index in [2.05, 4.69) is 5.32 Å². The Kier molecular flexibility index (Phi) is 3.49. The largest absolute Gasteiger partial charge is 0.345 e. The van der Waals surface area contributed by atoms with Crippen LogP contribution in [0.25, 0.3) is 0 Å². The number of amides is 2. The Morgan fingerprint density at radius 2 is 2.11 bits per heavy atom. The zero-order valence-electron chi connectivity index (χ0n) is 10.7. The van der Waals surface area contributed by atoms with Gasteiger partial charge in [0.2, 0.25) is 11.8 Å². The maximum atomic E-state index is 13.8. The van der Waals surface area contributed by atoms with Gasteiger partial charge in [-0.2, -0.15) is 0 Å². The second-order valence-electron chi connectivity index (χ2n) is 4.96. The van der Waals surface area contributed by atoms with Crippen LogP contribution in [0.15, 0.2) is 18.2 Å². The number of hydrogen-bond donors (Lipinski definition) is 1. The van der Waals surface area contributed by atoms with Crippen LogP contribution in [0.4, 0.5) is 4.39 Å². The lowest BCUT2D eigenvalue weighted by atomic mass is 9.97. The molecule has 0 aliphatic carbocycles. The minimum absolute atomic E-state index is 0.0439. The van der Waals surface area contributed by atoms with E-state index in [9.17, 15) is 14.0 Å². The van der Waals surface area contributed by atoms with Gasteiger partial charge in [0.25, 0.3) is 0 Å². The molecule has 1 aromatic carbocycles. The van der Waals surface area contributed by atoms with Crippen LogP contribution in [-0.2, 0) is 16.1 Å². The summed E-state index contributed by atoms with van der Waals surface area (Å²) in [5, 5.41) is 2.81. The normalized spacial score (nSPS) is 18.4. The molecule has 0 radical (unpaired) electrons. The topological polar surface area (TPSA) is 49.4 Å². The van der Waals surface area contributed by atoms with E-state index in [1.807, 2.05) is 0 Å². The predicted octanol–water partition coefficient (Wildman–Crippen LogP) is 1.72. The van der Waals surface area contributed by atoms with Crippen LogP contribution in [0.1, 0.15) is 19.4 Å². The van der Waals surface area contributed by atoms with Crippen molar-refractivity contribution in [2.24, 2.45) is 0 Å². The van der Waals surface area contributed by atoms with Crippen LogP contribution in [-0.4, -0.2) is 28.8 Å². The Balaban J connectivity index is 2.29. The van der Waals surface area contributed by atoms with Gasteiger partial charge in [0.15, 0.2) is 0 Å². The van der Waals surface area contributed by atoms with E-state index in [-0.39, 0.29) is 24.9 Å². The van der Waals surface area contributed by atoms with Crippen molar-refractivity contribution in [3.05, 3.63) is 34.6 Å². The van der Waals surface area contributed by atoms with E-state index < -0.39 is 11.4 Å². The number of carbonyl (C=O) groups is 2. The molecule has 0 unspecified atom stereocenters. The van der Waals surface area contributed by atoms with Crippen molar-refractivity contribution in [3.63, 3.8) is 0 Å². The number of piperazine rings is 1. The molecule has 0 atom stereocenters. The van der Waals surface area contributed by atoms with Gasteiger partial charge in [-0.3, -0.25) is 9.59 Å². The lowest BCUT2D eigenvalue weighted by Gasteiger charge is -2.41. The summed E-state index contributed by atoms with van der Waals surface area (Å²) in [6.45, 7) is 3.25. The van der Waals surface area contributed by atoms with Crippen molar-refractivity contribution in [1.29, 1.82) is 0 Å². The van der Waals surface area contributed by atoms with E-state index >= 15 is 0 Å². The Morgan fingerprint density at radius 1 is 1.42 bits per heavy atom. The van der Waals surface area contributed by atoms with Crippen LogP contribution in [0, 0.1) is 5.82 Å². The summed E-state index contributed by atoms with van der Waals surface area (Å²) in [5.74, 6) is -0.970. The van der Waals surface area contributed by atoms with Crippen LogP contribution < -0.4 is 5.32 Å². The number of benzene rings is 1. The summed E-state index contributed by atoms with van der Waals surface area (Å²) in [4.78, 5) is 25.1. The molecule has 4 nitrogen and oxygen atoms in total. The highest BCUT2D eigenvalue weighted by atomic mass is 35.5. The molecule has 1 heterocycles. The van der Waals surface area contributed by atoms with Gasteiger partial charge in [0, 0.05) is 17.1 Å². The highest BCUT2D eigenvalue weighted by Crippen LogP contribution is 2.23. The van der Waals surface area contributed by atoms with Crippen molar-refractivity contribution in [2.45, 2.75) is 25.9 Å². The molecular formula is C13H14ClFN2O2. The van der Waals surface area contributed by atoms with E-state index in [1.165, 1.54) is 17.0 Å². The van der Waals surface area contributed by atoms with E-state index in [0.717, 1.165) is 0 Å². The molecule has 1 N–H and O–H groups in total. The fourth-order valence-electron chi connectivity index (χ4n) is 2.01. The van der Waals surface area contributed by atoms with Gasteiger partial charge in [-0.1, -0.05) is 17.7 Å². The Hall–Kier alpha value is -1.62. The maximum Gasteiger partial charge on any atom is 0.245 e. The van der Waals surface area contributed by atoms with Gasteiger partial charge in [0.1, 0.15) is 11.4 Å². The first-order valence-electron chi connectivity index (χ1n) is 5.85. The third-order valence-electron chi connectivity index (χ3n) is 3.28. The Morgan fingerprint density at radius 3 is 2.74 bits per heavy atom. The van der Waals surface area contributed by atoms with Gasteiger partial charge in [-0.25, -0.2) is 4.39 Å². The summed E-state index contributed by atoms with van der Waals surface area (Å²) in [6, 6.07) is 4.27. The van der Waals surface area contributed by atoms with Crippen molar-refractivity contribution in [2.75, 3.05) is 6.54 Å². The molecule has 1 aliphatic heterocycles. The number of nitrogens with one attached hydrogen (secondary N) is 1. The SMILES string of the molecule is CC1(C)C(=O)NCC(=O)N1Cc1ccc(Cl)cc1F. The molecule has 1 aromatic rings. The van der Waals surface area contributed by atoms with Gasteiger partial charge >= 0.3 is 0 Å². The van der Waals surface area contributed by atoms with E-state index in [0.29, 0.717) is 10.6 Å². The second kappa shape index (κ2) is 4.81. The second-order valence-corrected chi connectivity index (χ2v) is 5.39. The Labute approximate surface area is 115 Å². The third-order valence-corrected chi connectivity index (χ3v) is 3.51. The van der Waals surface area contributed by atoms with Gasteiger partial charge in [-0.15, -0.1) is 0 Å². The molecule has 1 saturated heterocycles. The quantitative estimate of drug-likeness (QED) is 0.899. The Bertz CT molecular complexity index is 545. The van der Waals surface area contributed by atoms with E-state index in [4.69, 9.17) is 11.6 Å². The van der Waals surface area contributed by atoms with Crippen molar-refractivity contribution < 1.29 is 14.0 Å². The summed E-state index contributed by atoms with van der Waals surface area (Å²) in [7, 11) is 0. The van der Waals surface area contributed by atoms with E-state index in [1.54, 1.807) is 19.9 Å². The molecule has 0 saturated carbocycles. The molecule has 1 aliphatic rings. The maximum absolute atomic E-state index is 13.8. The number of halogens is 2. The number of rotatable bonds is 2. The average molecular weight is 285 g/mol. The molecule has 1 fully saturated rings. The lowest BCUT2D eigenvalue weighted by molar-refractivity contribution is -0.152. The molecule has 0 bridgehead atoms. The van der Waals surface area contributed by atoms with Gasteiger partial charge in [-0.05, 0) is 26.0 Å². The molecule has 0 aromatic heterocycles. The number of nitrogens with zero attached hydrogens (tertiary/aromatic N) is 1. The molecular weight excluding hydrogens is 271 g/mol. The minimum Gasteiger partial charge on any atom is -0.345 e. The van der Waals surface area contributed by atoms with Crippen LogP contribution >= 0.6 is 11.6 Å². The van der Waals surface area contributed by atoms with Crippen LogP contribution in [0.2, 0.25) is 5.02 Å². The highest BCUT2D eigenvalue weighted by Gasteiger charge is 2.41. The first kappa shape index (κ1) is 13.8. The van der Waals surface area contributed by atoms with Gasteiger partial charge < -0.3 is 10.2 Å². The predicted molar refractivity (Wildman–Crippen MR) is 69.0 cm³/mol. The van der Waals surface area contributed by atoms with Crippen LogP contribution in [0.3, 0.4) is 0 Å². The number of carbonyl (C=O) groups excluding carboxylic acids is 2. The first-order chi connectivity index (χ1) is 8.82. The molecule has 102 valence electrons. The fraction of sp³-hybridized carbons (Fsp3) is 0.385. The van der Waals surface area contributed by atoms with Crippen LogP contribution in [0.5, 0.6) is 0 Å². The van der Waals surface area contributed by atoms with Crippen molar-refractivity contribution in [1.82, 2.24) is 10.2 Å². The summed E-state index contributed by atoms with van der Waals surface area (Å²) in [6.07, 6.45) is 0. The monoisotopic (exact) mass is 284 g/mol. The van der Waals surface area contributed by atoms with Gasteiger partial charge in [0.05, 0.1) is 6.54 Å². The standard InChI is InChI=1S/C13H14ClFN2O2/c1-13(2)12(19)16-6-11(18)17(13)7-8-3-4-9(14)5-10(8)15/h3-5H,6-7H2,1-2H3,(H,16,19). The molecule has 0 spiro atoms. The first-order valence-corrected chi connectivity index (χ1v) is 6.23. The molecule has 19 heavy (non-hydrogen) atoms. The average Bonchev–Trinajstić information content (AvgIpc) is 2.32. The summed E-state index contributed by atoms with van der Waals surface area (Å²) < 4.78 is 13.8. The zero-order valence-corrected chi connectivity index (χ0v) is 11.4. The molecule has 2 rings (SSSR count). The number of hydrogen-bond acceptors (Lipinski definition) is 2.